The van der Waals surface area contributed by atoms with Gasteiger partial charge in [-0.05, 0) is 40.5 Å². The lowest BCUT2D eigenvalue weighted by atomic mass is 9.94. The molecular formula is C23H16BrN. The summed E-state index contributed by atoms with van der Waals surface area (Å²) in [6.07, 6.45) is 1.82. The van der Waals surface area contributed by atoms with Gasteiger partial charge in [0.25, 0.3) is 0 Å². The fourth-order valence-corrected chi connectivity index (χ4v) is 3.50. The molecule has 0 saturated heterocycles. The maximum atomic E-state index is 4.42. The molecule has 3 aromatic carbocycles. The molecule has 0 aliphatic rings. The van der Waals surface area contributed by atoms with Crippen LogP contribution in [0.4, 0.5) is 0 Å². The van der Waals surface area contributed by atoms with Crippen LogP contribution in [0.15, 0.2) is 102 Å². The van der Waals surface area contributed by atoms with Crippen LogP contribution in [-0.2, 0) is 0 Å². The van der Waals surface area contributed by atoms with Crippen molar-refractivity contribution in [3.63, 3.8) is 0 Å². The summed E-state index contributed by atoms with van der Waals surface area (Å²) in [6.45, 7) is 0. The van der Waals surface area contributed by atoms with Crippen LogP contribution in [-0.4, -0.2) is 4.98 Å². The molecule has 1 heterocycles. The normalized spacial score (nSPS) is 10.6. The highest BCUT2D eigenvalue weighted by Gasteiger charge is 2.09. The second-order valence-corrected chi connectivity index (χ2v) is 6.67. The molecule has 0 N–H and O–H groups in total. The van der Waals surface area contributed by atoms with Gasteiger partial charge in [0.2, 0.25) is 0 Å². The van der Waals surface area contributed by atoms with Crippen molar-refractivity contribution in [3.8, 4) is 33.5 Å². The van der Waals surface area contributed by atoms with Gasteiger partial charge in [-0.1, -0.05) is 88.7 Å². The van der Waals surface area contributed by atoms with Crippen LogP contribution in [0.1, 0.15) is 0 Å². The Morgan fingerprint density at radius 2 is 1.12 bits per heavy atom. The number of pyridine rings is 1. The van der Waals surface area contributed by atoms with Gasteiger partial charge in [-0.15, -0.1) is 0 Å². The quantitative estimate of drug-likeness (QED) is 0.375. The molecule has 0 aliphatic carbocycles. The number of nitrogens with zero attached hydrogens (tertiary/aromatic N) is 1. The Bertz CT molecular complexity index is 992. The van der Waals surface area contributed by atoms with Crippen molar-refractivity contribution < 1.29 is 0 Å². The number of rotatable bonds is 3. The van der Waals surface area contributed by atoms with Gasteiger partial charge in [0.1, 0.15) is 0 Å². The van der Waals surface area contributed by atoms with Gasteiger partial charge in [-0.25, -0.2) is 0 Å². The molecule has 0 spiro atoms. The standard InChI is InChI=1S/C23H16BrN/c24-22-10-4-3-9-21(22)20-8-2-1-7-19(20)17-12-14-18(15-13-17)23-11-5-6-16-25-23/h1-16H. The Hall–Kier alpha value is -2.71. The first-order valence-corrected chi connectivity index (χ1v) is 8.98. The third-order valence-electron chi connectivity index (χ3n) is 4.25. The van der Waals surface area contributed by atoms with Gasteiger partial charge in [-0.2, -0.15) is 0 Å². The summed E-state index contributed by atoms with van der Waals surface area (Å²) in [5.41, 5.74) is 6.97. The van der Waals surface area contributed by atoms with Crippen molar-refractivity contribution in [2.75, 3.05) is 0 Å². The fraction of sp³-hybridized carbons (Fsp3) is 0. The first kappa shape index (κ1) is 15.8. The Balaban J connectivity index is 1.78. The van der Waals surface area contributed by atoms with Crippen molar-refractivity contribution in [3.05, 3.63) is 102 Å². The van der Waals surface area contributed by atoms with Crippen LogP contribution >= 0.6 is 15.9 Å². The lowest BCUT2D eigenvalue weighted by Crippen LogP contribution is -1.87. The number of hydrogen-bond donors (Lipinski definition) is 0. The number of hydrogen-bond acceptors (Lipinski definition) is 1. The molecule has 2 heteroatoms. The van der Waals surface area contributed by atoms with Crippen molar-refractivity contribution in [1.82, 2.24) is 4.98 Å². The van der Waals surface area contributed by atoms with E-state index in [2.05, 4.69) is 87.6 Å². The molecule has 0 unspecified atom stereocenters. The van der Waals surface area contributed by atoms with E-state index < -0.39 is 0 Å². The smallest absolute Gasteiger partial charge is 0.0701 e. The lowest BCUT2D eigenvalue weighted by molar-refractivity contribution is 1.33. The third-order valence-corrected chi connectivity index (χ3v) is 4.94. The summed E-state index contributed by atoms with van der Waals surface area (Å²) in [5.74, 6) is 0. The molecule has 25 heavy (non-hydrogen) atoms. The van der Waals surface area contributed by atoms with E-state index in [1.807, 2.05) is 30.5 Å². The maximum Gasteiger partial charge on any atom is 0.0701 e. The number of halogens is 1. The molecule has 4 aromatic rings. The third kappa shape index (κ3) is 3.26. The van der Waals surface area contributed by atoms with Gasteiger partial charge >= 0.3 is 0 Å². The average molecular weight is 386 g/mol. The highest BCUT2D eigenvalue weighted by Crippen LogP contribution is 2.36. The lowest BCUT2D eigenvalue weighted by Gasteiger charge is -2.12. The van der Waals surface area contributed by atoms with Gasteiger partial charge in [-0.3, -0.25) is 4.98 Å². The monoisotopic (exact) mass is 385 g/mol. The van der Waals surface area contributed by atoms with E-state index in [0.29, 0.717) is 0 Å². The minimum Gasteiger partial charge on any atom is -0.256 e. The topological polar surface area (TPSA) is 12.9 Å². The summed E-state index contributed by atoms with van der Waals surface area (Å²) < 4.78 is 1.10. The Kier molecular flexibility index (Phi) is 4.45. The van der Waals surface area contributed by atoms with Crippen molar-refractivity contribution in [1.29, 1.82) is 0 Å². The molecule has 0 amide bonds. The van der Waals surface area contributed by atoms with Crippen LogP contribution in [0, 0.1) is 0 Å². The predicted molar refractivity (Wildman–Crippen MR) is 108 cm³/mol. The summed E-state index contributed by atoms with van der Waals surface area (Å²) in [5, 5.41) is 0. The molecule has 0 radical (unpaired) electrons. The molecule has 4 rings (SSSR count). The molecule has 0 atom stereocenters. The van der Waals surface area contributed by atoms with Gasteiger partial charge in [0.05, 0.1) is 5.69 Å². The molecule has 0 aliphatic heterocycles. The van der Waals surface area contributed by atoms with E-state index in [1.165, 1.54) is 22.3 Å². The Morgan fingerprint density at radius 3 is 1.80 bits per heavy atom. The summed E-state index contributed by atoms with van der Waals surface area (Å²) in [7, 11) is 0. The Morgan fingerprint density at radius 1 is 0.520 bits per heavy atom. The summed E-state index contributed by atoms with van der Waals surface area (Å²) >= 11 is 3.67. The van der Waals surface area contributed by atoms with Gasteiger partial charge in [0.15, 0.2) is 0 Å². The largest absolute Gasteiger partial charge is 0.256 e. The van der Waals surface area contributed by atoms with Crippen molar-refractivity contribution in [2.24, 2.45) is 0 Å². The van der Waals surface area contributed by atoms with Crippen molar-refractivity contribution in [2.45, 2.75) is 0 Å². The maximum absolute atomic E-state index is 4.42. The molecule has 0 saturated carbocycles. The van der Waals surface area contributed by atoms with Crippen LogP contribution in [0.2, 0.25) is 0 Å². The van der Waals surface area contributed by atoms with Gasteiger partial charge < -0.3 is 0 Å². The molecule has 0 bridgehead atoms. The van der Waals surface area contributed by atoms with Gasteiger partial charge in [0, 0.05) is 16.2 Å². The van der Waals surface area contributed by atoms with Crippen LogP contribution in [0.3, 0.4) is 0 Å². The van der Waals surface area contributed by atoms with E-state index in [4.69, 9.17) is 0 Å². The molecule has 1 aromatic heterocycles. The first-order valence-electron chi connectivity index (χ1n) is 8.19. The molecule has 1 nitrogen and oxygen atoms in total. The first-order chi connectivity index (χ1) is 12.3. The van der Waals surface area contributed by atoms with E-state index in [9.17, 15) is 0 Å². The van der Waals surface area contributed by atoms with E-state index in [1.54, 1.807) is 0 Å². The SMILES string of the molecule is Brc1ccccc1-c1ccccc1-c1ccc(-c2ccccn2)cc1. The zero-order valence-corrected chi connectivity index (χ0v) is 15.1. The second kappa shape index (κ2) is 7.04. The number of aromatic nitrogens is 1. The second-order valence-electron chi connectivity index (χ2n) is 5.82. The average Bonchev–Trinajstić information content (AvgIpc) is 2.69. The van der Waals surface area contributed by atoms with Crippen LogP contribution in [0.25, 0.3) is 33.5 Å². The summed E-state index contributed by atoms with van der Waals surface area (Å²) in [6, 6.07) is 31.4. The highest BCUT2D eigenvalue weighted by molar-refractivity contribution is 9.10. The van der Waals surface area contributed by atoms with Crippen LogP contribution < -0.4 is 0 Å². The van der Waals surface area contributed by atoms with Crippen LogP contribution in [0.5, 0.6) is 0 Å². The number of benzene rings is 3. The molecule has 0 fully saturated rings. The van der Waals surface area contributed by atoms with Crippen molar-refractivity contribution >= 4 is 15.9 Å². The summed E-state index contributed by atoms with van der Waals surface area (Å²) in [4.78, 5) is 4.42. The Labute approximate surface area is 156 Å². The predicted octanol–water partition coefficient (Wildman–Crippen LogP) is 6.85. The van der Waals surface area contributed by atoms with E-state index in [0.717, 1.165) is 15.7 Å². The van der Waals surface area contributed by atoms with E-state index >= 15 is 0 Å². The zero-order valence-electron chi connectivity index (χ0n) is 13.6. The fourth-order valence-electron chi connectivity index (χ4n) is 3.00. The van der Waals surface area contributed by atoms with E-state index in [-0.39, 0.29) is 0 Å². The highest BCUT2D eigenvalue weighted by atomic mass is 79.9. The minimum atomic E-state index is 0.994. The molecular weight excluding hydrogens is 370 g/mol. The minimum absolute atomic E-state index is 0.994. The zero-order chi connectivity index (χ0) is 17.1. The molecule has 120 valence electrons.